The van der Waals surface area contributed by atoms with Crippen molar-refractivity contribution in [1.29, 1.82) is 0 Å². The average Bonchev–Trinajstić information content (AvgIpc) is 2.39. The lowest BCUT2D eigenvalue weighted by atomic mass is 9.90. The summed E-state index contributed by atoms with van der Waals surface area (Å²) in [7, 11) is 0. The highest BCUT2D eigenvalue weighted by Crippen LogP contribution is 2.34. The lowest BCUT2D eigenvalue weighted by molar-refractivity contribution is -0.0208. The quantitative estimate of drug-likeness (QED) is 0.719. The van der Waals surface area contributed by atoms with Crippen LogP contribution in [0.15, 0.2) is 24.3 Å². The van der Waals surface area contributed by atoms with Gasteiger partial charge in [0, 0.05) is 18.4 Å². The van der Waals surface area contributed by atoms with Gasteiger partial charge in [0.1, 0.15) is 0 Å². The maximum Gasteiger partial charge on any atom is 0.0864 e. The molecule has 2 atom stereocenters. The predicted octanol–water partition coefficient (Wildman–Crippen LogP) is 4.52. The Labute approximate surface area is 109 Å². The molecular weight excluding hydrogens is 232 g/mol. The van der Waals surface area contributed by atoms with Crippen molar-refractivity contribution in [3.63, 3.8) is 0 Å². The number of benzene rings is 1. The van der Waals surface area contributed by atoms with Crippen LogP contribution >= 0.6 is 11.6 Å². The van der Waals surface area contributed by atoms with Gasteiger partial charge in [-0.2, -0.15) is 0 Å². The van der Waals surface area contributed by atoms with Crippen molar-refractivity contribution >= 4 is 11.6 Å². The first-order valence-corrected chi connectivity index (χ1v) is 7.03. The number of ether oxygens (including phenoxy) is 1. The largest absolute Gasteiger partial charge is 0.373 e. The summed E-state index contributed by atoms with van der Waals surface area (Å²) in [6, 6.07) is 8.82. The fourth-order valence-corrected chi connectivity index (χ4v) is 2.76. The molecule has 0 amide bonds. The Balaban J connectivity index is 2.15. The molecule has 0 N–H and O–H groups in total. The highest BCUT2D eigenvalue weighted by molar-refractivity contribution is 6.18. The van der Waals surface area contributed by atoms with E-state index in [4.69, 9.17) is 16.3 Å². The lowest BCUT2D eigenvalue weighted by Crippen LogP contribution is -2.23. The standard InChI is InChI=1S/C15H21ClO/c1-11(2)12-5-7-13(8-6-12)15-14(10-16)4-3-9-17-15/h5-8,11,14-15H,3-4,9-10H2,1-2H3. The van der Waals surface area contributed by atoms with Crippen LogP contribution in [-0.2, 0) is 4.74 Å². The first-order chi connectivity index (χ1) is 8.22. The second-order valence-electron chi connectivity index (χ2n) is 5.17. The van der Waals surface area contributed by atoms with Gasteiger partial charge in [-0.3, -0.25) is 0 Å². The second-order valence-corrected chi connectivity index (χ2v) is 5.48. The molecule has 0 radical (unpaired) electrons. The molecular formula is C15H21ClO. The highest BCUT2D eigenvalue weighted by atomic mass is 35.5. The Kier molecular flexibility index (Phi) is 4.47. The number of hydrogen-bond acceptors (Lipinski definition) is 1. The van der Waals surface area contributed by atoms with E-state index in [9.17, 15) is 0 Å². The Morgan fingerprint density at radius 1 is 1.29 bits per heavy atom. The molecule has 1 fully saturated rings. The minimum absolute atomic E-state index is 0.197. The third kappa shape index (κ3) is 3.02. The summed E-state index contributed by atoms with van der Waals surface area (Å²) in [5.74, 6) is 1.74. The SMILES string of the molecule is CC(C)c1ccc(C2OCCCC2CCl)cc1. The monoisotopic (exact) mass is 252 g/mol. The van der Waals surface area contributed by atoms with Crippen LogP contribution in [0.1, 0.15) is 49.8 Å². The molecule has 94 valence electrons. The Morgan fingerprint density at radius 2 is 2.00 bits per heavy atom. The van der Waals surface area contributed by atoms with Gasteiger partial charge >= 0.3 is 0 Å². The van der Waals surface area contributed by atoms with Crippen LogP contribution in [0.3, 0.4) is 0 Å². The van der Waals surface area contributed by atoms with E-state index in [1.54, 1.807) is 0 Å². The van der Waals surface area contributed by atoms with E-state index in [0.717, 1.165) is 13.0 Å². The van der Waals surface area contributed by atoms with Gasteiger partial charge in [0.2, 0.25) is 0 Å². The van der Waals surface area contributed by atoms with E-state index < -0.39 is 0 Å². The van der Waals surface area contributed by atoms with Crippen LogP contribution < -0.4 is 0 Å². The summed E-state index contributed by atoms with van der Waals surface area (Å²) < 4.78 is 5.88. The van der Waals surface area contributed by atoms with Gasteiger partial charge in [0.25, 0.3) is 0 Å². The van der Waals surface area contributed by atoms with Gasteiger partial charge < -0.3 is 4.74 Å². The molecule has 2 rings (SSSR count). The lowest BCUT2D eigenvalue weighted by Gasteiger charge is -2.31. The summed E-state index contributed by atoms with van der Waals surface area (Å²) in [5, 5.41) is 0. The molecule has 1 aliphatic heterocycles. The van der Waals surface area contributed by atoms with Gasteiger partial charge in [-0.1, -0.05) is 38.1 Å². The molecule has 1 nitrogen and oxygen atoms in total. The van der Waals surface area contributed by atoms with Gasteiger partial charge in [0.15, 0.2) is 0 Å². The maximum atomic E-state index is 6.03. The van der Waals surface area contributed by atoms with E-state index in [2.05, 4.69) is 38.1 Å². The molecule has 0 bridgehead atoms. The fourth-order valence-electron chi connectivity index (χ4n) is 2.44. The van der Waals surface area contributed by atoms with Gasteiger partial charge in [-0.25, -0.2) is 0 Å². The first-order valence-electron chi connectivity index (χ1n) is 6.49. The molecule has 17 heavy (non-hydrogen) atoms. The summed E-state index contributed by atoms with van der Waals surface area (Å²) in [6.07, 6.45) is 2.51. The van der Waals surface area contributed by atoms with Gasteiger partial charge in [-0.05, 0) is 29.9 Å². The number of hydrogen-bond donors (Lipinski definition) is 0. The molecule has 2 unspecified atom stereocenters. The van der Waals surface area contributed by atoms with Crippen molar-refractivity contribution < 1.29 is 4.74 Å². The van der Waals surface area contributed by atoms with Crippen molar-refractivity contribution in [3.05, 3.63) is 35.4 Å². The van der Waals surface area contributed by atoms with Crippen LogP contribution in [0.2, 0.25) is 0 Å². The molecule has 0 aromatic heterocycles. The molecule has 0 aliphatic carbocycles. The highest BCUT2D eigenvalue weighted by Gasteiger charge is 2.26. The predicted molar refractivity (Wildman–Crippen MR) is 72.7 cm³/mol. The van der Waals surface area contributed by atoms with Crippen molar-refractivity contribution in [3.8, 4) is 0 Å². The van der Waals surface area contributed by atoms with E-state index in [1.807, 2.05) is 0 Å². The number of rotatable bonds is 3. The van der Waals surface area contributed by atoms with Crippen LogP contribution in [0.25, 0.3) is 0 Å². The molecule has 0 saturated carbocycles. The smallest absolute Gasteiger partial charge is 0.0864 e. The van der Waals surface area contributed by atoms with Gasteiger partial charge in [-0.15, -0.1) is 11.6 Å². The Bertz CT molecular complexity index is 344. The van der Waals surface area contributed by atoms with Gasteiger partial charge in [0.05, 0.1) is 6.10 Å². The first kappa shape index (κ1) is 12.9. The number of halogens is 1. The fraction of sp³-hybridized carbons (Fsp3) is 0.600. The molecule has 1 saturated heterocycles. The third-order valence-corrected chi connectivity index (χ3v) is 3.97. The molecule has 1 aromatic rings. The molecule has 2 heteroatoms. The van der Waals surface area contributed by atoms with Crippen LogP contribution in [-0.4, -0.2) is 12.5 Å². The van der Waals surface area contributed by atoms with E-state index in [-0.39, 0.29) is 6.10 Å². The summed E-state index contributed by atoms with van der Waals surface area (Å²) >= 11 is 6.03. The van der Waals surface area contributed by atoms with Crippen molar-refractivity contribution in [2.75, 3.05) is 12.5 Å². The zero-order valence-electron chi connectivity index (χ0n) is 10.7. The summed E-state index contributed by atoms with van der Waals surface area (Å²) in [4.78, 5) is 0. The van der Waals surface area contributed by atoms with Crippen LogP contribution in [0.4, 0.5) is 0 Å². The van der Waals surface area contributed by atoms with Crippen LogP contribution in [0.5, 0.6) is 0 Å². The van der Waals surface area contributed by atoms with Crippen LogP contribution in [0, 0.1) is 5.92 Å². The minimum atomic E-state index is 0.197. The Hall–Kier alpha value is -0.530. The molecule has 1 aliphatic rings. The topological polar surface area (TPSA) is 9.23 Å². The Morgan fingerprint density at radius 3 is 2.59 bits per heavy atom. The summed E-state index contributed by atoms with van der Waals surface area (Å²) in [5.41, 5.74) is 2.66. The molecule has 1 heterocycles. The second kappa shape index (κ2) is 5.88. The normalized spacial score (nSPS) is 25.2. The minimum Gasteiger partial charge on any atom is -0.373 e. The summed E-state index contributed by atoms with van der Waals surface area (Å²) in [6.45, 7) is 5.30. The maximum absolute atomic E-state index is 6.03. The van der Waals surface area contributed by atoms with E-state index in [0.29, 0.717) is 17.7 Å². The average molecular weight is 253 g/mol. The van der Waals surface area contributed by atoms with Crippen molar-refractivity contribution in [2.24, 2.45) is 5.92 Å². The van der Waals surface area contributed by atoms with Crippen molar-refractivity contribution in [1.82, 2.24) is 0 Å². The third-order valence-electron chi connectivity index (χ3n) is 3.57. The van der Waals surface area contributed by atoms with E-state index in [1.165, 1.54) is 17.5 Å². The number of alkyl halides is 1. The zero-order chi connectivity index (χ0) is 12.3. The zero-order valence-corrected chi connectivity index (χ0v) is 11.4. The molecule has 0 spiro atoms. The molecule has 1 aromatic carbocycles. The van der Waals surface area contributed by atoms with Crippen molar-refractivity contribution in [2.45, 2.75) is 38.7 Å². The van der Waals surface area contributed by atoms with E-state index >= 15 is 0 Å².